The van der Waals surface area contributed by atoms with Gasteiger partial charge in [-0.25, -0.2) is 0 Å². The second kappa shape index (κ2) is 6.40. The number of hydrogen-bond donors (Lipinski definition) is 0. The lowest BCUT2D eigenvalue weighted by molar-refractivity contribution is -0.0790. The molecule has 3 nitrogen and oxygen atoms in total. The van der Waals surface area contributed by atoms with Crippen molar-refractivity contribution in [3.05, 3.63) is 35.9 Å². The van der Waals surface area contributed by atoms with E-state index >= 15 is 0 Å². The fourth-order valence-corrected chi connectivity index (χ4v) is 2.88. The predicted molar refractivity (Wildman–Crippen MR) is 80.8 cm³/mol. The molecule has 1 aromatic rings. The Bertz CT molecular complexity index is 442. The van der Waals surface area contributed by atoms with Crippen LogP contribution in [0.1, 0.15) is 44.0 Å². The minimum absolute atomic E-state index is 0.115. The molecule has 0 radical (unpaired) electrons. The van der Waals surface area contributed by atoms with Crippen molar-refractivity contribution in [2.24, 2.45) is 5.41 Å². The summed E-state index contributed by atoms with van der Waals surface area (Å²) in [5, 5.41) is 0. The molecule has 0 aliphatic carbocycles. The highest BCUT2D eigenvalue weighted by molar-refractivity contribution is 5.94. The monoisotopic (exact) mass is 275 g/mol. The van der Waals surface area contributed by atoms with Gasteiger partial charge >= 0.3 is 0 Å². The molecule has 1 atom stereocenters. The average Bonchev–Trinajstić information content (AvgIpc) is 2.47. The van der Waals surface area contributed by atoms with Crippen molar-refractivity contribution in [1.29, 1.82) is 0 Å². The summed E-state index contributed by atoms with van der Waals surface area (Å²) in [6.07, 6.45) is 2.38. The summed E-state index contributed by atoms with van der Waals surface area (Å²) in [6.45, 7) is 8.68. The molecule has 0 saturated carbocycles. The zero-order chi connectivity index (χ0) is 14.6. The number of morpholine rings is 1. The average molecular weight is 275 g/mol. The van der Waals surface area contributed by atoms with Gasteiger partial charge in [0.2, 0.25) is 0 Å². The number of ether oxygens (including phenoxy) is 1. The predicted octanol–water partition coefficient (Wildman–Crippen LogP) is 3.35. The quantitative estimate of drug-likeness (QED) is 0.843. The molecule has 0 bridgehead atoms. The molecule has 1 amide bonds. The van der Waals surface area contributed by atoms with E-state index in [4.69, 9.17) is 4.74 Å². The topological polar surface area (TPSA) is 29.5 Å². The molecule has 1 saturated heterocycles. The number of amides is 1. The molecule has 110 valence electrons. The maximum absolute atomic E-state index is 12.5. The van der Waals surface area contributed by atoms with Crippen LogP contribution < -0.4 is 0 Å². The molecule has 0 N–H and O–H groups in total. The van der Waals surface area contributed by atoms with Gasteiger partial charge in [0.05, 0.1) is 12.7 Å². The fourth-order valence-electron chi connectivity index (χ4n) is 2.88. The zero-order valence-corrected chi connectivity index (χ0v) is 12.8. The van der Waals surface area contributed by atoms with Crippen LogP contribution in [0.25, 0.3) is 0 Å². The van der Waals surface area contributed by atoms with Gasteiger partial charge in [0.1, 0.15) is 0 Å². The minimum atomic E-state index is 0.115. The molecular formula is C17H25NO2. The minimum Gasteiger partial charge on any atom is -0.374 e. The normalized spacial score (nSPS) is 19.9. The van der Waals surface area contributed by atoms with Crippen LogP contribution in [0.3, 0.4) is 0 Å². The second-order valence-corrected chi connectivity index (χ2v) is 6.22. The van der Waals surface area contributed by atoms with Crippen LogP contribution in [0.4, 0.5) is 0 Å². The van der Waals surface area contributed by atoms with Crippen LogP contribution in [0.5, 0.6) is 0 Å². The van der Waals surface area contributed by atoms with Crippen LogP contribution in [0.2, 0.25) is 0 Å². The molecule has 1 fully saturated rings. The first-order valence-electron chi connectivity index (χ1n) is 7.50. The summed E-state index contributed by atoms with van der Waals surface area (Å²) in [5.74, 6) is 0.117. The molecule has 0 aromatic heterocycles. The Balaban J connectivity index is 2.05. The molecule has 1 unspecified atom stereocenters. The van der Waals surface area contributed by atoms with E-state index in [1.807, 2.05) is 35.2 Å². The molecule has 1 aliphatic heterocycles. The van der Waals surface area contributed by atoms with Gasteiger partial charge in [-0.05, 0) is 24.0 Å². The van der Waals surface area contributed by atoms with E-state index in [1.54, 1.807) is 0 Å². The van der Waals surface area contributed by atoms with Crippen molar-refractivity contribution in [1.82, 2.24) is 4.90 Å². The summed E-state index contributed by atoms with van der Waals surface area (Å²) in [4.78, 5) is 14.4. The lowest BCUT2D eigenvalue weighted by Crippen LogP contribution is -2.50. The molecule has 2 rings (SSSR count). The van der Waals surface area contributed by atoms with Crippen LogP contribution in [0, 0.1) is 5.41 Å². The summed E-state index contributed by atoms with van der Waals surface area (Å²) >= 11 is 0. The zero-order valence-electron chi connectivity index (χ0n) is 12.8. The molecule has 20 heavy (non-hydrogen) atoms. The highest BCUT2D eigenvalue weighted by Gasteiger charge is 2.35. The third kappa shape index (κ3) is 3.40. The first kappa shape index (κ1) is 15.0. The molecule has 1 aliphatic rings. The number of hydrogen-bond acceptors (Lipinski definition) is 2. The van der Waals surface area contributed by atoms with Crippen LogP contribution in [0.15, 0.2) is 30.3 Å². The van der Waals surface area contributed by atoms with Crippen molar-refractivity contribution in [3.63, 3.8) is 0 Å². The standard InChI is InChI=1S/C17H25NO2/c1-4-10-17(2,3)15-13-18(11-12-20-15)16(19)14-8-6-5-7-9-14/h5-9,15H,4,10-13H2,1-3H3. The summed E-state index contributed by atoms with van der Waals surface area (Å²) < 4.78 is 5.92. The largest absolute Gasteiger partial charge is 0.374 e. The van der Waals surface area contributed by atoms with Crippen LogP contribution in [-0.4, -0.2) is 36.6 Å². The van der Waals surface area contributed by atoms with Gasteiger partial charge in [-0.2, -0.15) is 0 Å². The smallest absolute Gasteiger partial charge is 0.254 e. The number of carbonyl (C=O) groups excluding carboxylic acids is 1. The van der Waals surface area contributed by atoms with Gasteiger partial charge in [-0.1, -0.05) is 45.4 Å². The molecule has 1 aromatic carbocycles. The second-order valence-electron chi connectivity index (χ2n) is 6.22. The van der Waals surface area contributed by atoms with E-state index in [1.165, 1.54) is 0 Å². The summed E-state index contributed by atoms with van der Waals surface area (Å²) in [6, 6.07) is 9.51. The van der Waals surface area contributed by atoms with Crippen molar-refractivity contribution in [3.8, 4) is 0 Å². The Morgan fingerprint density at radius 2 is 2.05 bits per heavy atom. The van der Waals surface area contributed by atoms with Gasteiger partial charge in [0, 0.05) is 18.7 Å². The van der Waals surface area contributed by atoms with Crippen LogP contribution in [-0.2, 0) is 4.74 Å². The van der Waals surface area contributed by atoms with Crippen molar-refractivity contribution in [2.45, 2.75) is 39.7 Å². The lowest BCUT2D eigenvalue weighted by Gasteiger charge is -2.41. The van der Waals surface area contributed by atoms with E-state index < -0.39 is 0 Å². The van der Waals surface area contributed by atoms with E-state index in [-0.39, 0.29) is 17.4 Å². The van der Waals surface area contributed by atoms with E-state index in [0.717, 1.165) is 18.4 Å². The van der Waals surface area contributed by atoms with E-state index in [9.17, 15) is 4.79 Å². The SMILES string of the molecule is CCCC(C)(C)C1CN(C(=O)c2ccccc2)CCO1. The maximum atomic E-state index is 12.5. The first-order chi connectivity index (χ1) is 9.54. The Morgan fingerprint density at radius 3 is 2.70 bits per heavy atom. The van der Waals surface area contributed by atoms with Gasteiger partial charge in [0.15, 0.2) is 0 Å². The molecular weight excluding hydrogens is 250 g/mol. The summed E-state index contributed by atoms with van der Waals surface area (Å²) in [5.41, 5.74) is 0.881. The van der Waals surface area contributed by atoms with Crippen molar-refractivity contribution >= 4 is 5.91 Å². The Labute approximate surface area is 121 Å². The van der Waals surface area contributed by atoms with E-state index in [0.29, 0.717) is 19.7 Å². The van der Waals surface area contributed by atoms with Crippen molar-refractivity contribution < 1.29 is 9.53 Å². The fraction of sp³-hybridized carbons (Fsp3) is 0.588. The van der Waals surface area contributed by atoms with Gasteiger partial charge in [-0.3, -0.25) is 4.79 Å². The number of benzene rings is 1. The van der Waals surface area contributed by atoms with Gasteiger partial charge in [-0.15, -0.1) is 0 Å². The third-order valence-corrected chi connectivity index (χ3v) is 4.14. The molecule has 1 heterocycles. The number of rotatable bonds is 4. The highest BCUT2D eigenvalue weighted by atomic mass is 16.5. The Morgan fingerprint density at radius 1 is 1.35 bits per heavy atom. The Hall–Kier alpha value is -1.35. The van der Waals surface area contributed by atoms with Crippen LogP contribution >= 0.6 is 0 Å². The molecule has 3 heteroatoms. The van der Waals surface area contributed by atoms with Gasteiger partial charge < -0.3 is 9.64 Å². The van der Waals surface area contributed by atoms with E-state index in [2.05, 4.69) is 20.8 Å². The van der Waals surface area contributed by atoms with Crippen molar-refractivity contribution in [2.75, 3.05) is 19.7 Å². The Kier molecular flexibility index (Phi) is 4.81. The number of nitrogens with zero attached hydrogens (tertiary/aromatic N) is 1. The highest BCUT2D eigenvalue weighted by Crippen LogP contribution is 2.31. The first-order valence-corrected chi connectivity index (χ1v) is 7.50. The summed E-state index contributed by atoms with van der Waals surface area (Å²) in [7, 11) is 0. The van der Waals surface area contributed by atoms with Gasteiger partial charge in [0.25, 0.3) is 5.91 Å². The lowest BCUT2D eigenvalue weighted by atomic mass is 9.81. The third-order valence-electron chi connectivity index (χ3n) is 4.14. The maximum Gasteiger partial charge on any atom is 0.254 e. The number of carbonyl (C=O) groups is 1. The molecule has 0 spiro atoms.